The van der Waals surface area contributed by atoms with Crippen molar-refractivity contribution < 1.29 is 15.6 Å². The molecule has 0 bridgehead atoms. The van der Waals surface area contributed by atoms with Gasteiger partial charge in [0.25, 0.3) is 0 Å². The Balaban J connectivity index is 1.26. The van der Waals surface area contributed by atoms with Crippen LogP contribution in [0.5, 0.6) is 0 Å². The molecule has 1 saturated carbocycles. The molecule has 0 radical (unpaired) electrons. The van der Waals surface area contributed by atoms with Crippen molar-refractivity contribution in [3.05, 3.63) is 31.0 Å². The van der Waals surface area contributed by atoms with Gasteiger partial charge in [-0.05, 0) is 45.7 Å². The largest absolute Gasteiger partial charge is 0.444 e. The Bertz CT molecular complexity index is 1490. The van der Waals surface area contributed by atoms with Crippen LogP contribution >= 0.6 is 0 Å². The number of fused-ring (bicyclic) bond motifs is 1. The van der Waals surface area contributed by atoms with E-state index < -0.39 is 25.2 Å². The summed E-state index contributed by atoms with van der Waals surface area (Å²) in [4.78, 5) is 25.4. The topological polar surface area (TPSA) is 114 Å². The number of nitriles is 1. The minimum absolute atomic E-state index is 0.261. The van der Waals surface area contributed by atoms with Crippen LogP contribution in [0.15, 0.2) is 31.0 Å². The third kappa shape index (κ3) is 6.69. The molecule has 3 aromatic rings. The fourth-order valence-corrected chi connectivity index (χ4v) is 6.32. The highest BCUT2D eigenvalue weighted by Crippen LogP contribution is 2.45. The summed E-state index contributed by atoms with van der Waals surface area (Å²) < 4.78 is 24.6. The van der Waals surface area contributed by atoms with Crippen LogP contribution in [0.25, 0.3) is 22.3 Å². The maximum absolute atomic E-state index is 12.5. The summed E-state index contributed by atoms with van der Waals surface area (Å²) in [6, 6.07) is 4.63. The molecule has 0 unspecified atom stereocenters. The predicted molar refractivity (Wildman–Crippen MR) is 163 cm³/mol. The lowest BCUT2D eigenvalue weighted by Crippen LogP contribution is -2.60. The molecule has 11 nitrogen and oxygen atoms in total. The summed E-state index contributed by atoms with van der Waals surface area (Å²) >= 11 is 0. The summed E-state index contributed by atoms with van der Waals surface area (Å²) in [5.41, 5.74) is 1.31. The number of hydrogen-bond acceptors (Lipinski definition) is 8. The molecule has 5 rings (SSSR count). The molecule has 0 aromatic carbocycles. The second-order valence-corrected chi connectivity index (χ2v) is 19.3. The van der Waals surface area contributed by atoms with Crippen LogP contribution in [0.2, 0.25) is 25.7 Å². The van der Waals surface area contributed by atoms with E-state index in [1.54, 1.807) is 17.4 Å². The number of piperazine rings is 1. The van der Waals surface area contributed by atoms with Gasteiger partial charge in [-0.25, -0.2) is 14.8 Å². The zero-order valence-corrected chi connectivity index (χ0v) is 26.8. The summed E-state index contributed by atoms with van der Waals surface area (Å²) in [5, 5.41) is 15.3. The van der Waals surface area contributed by atoms with Crippen LogP contribution < -0.4 is 0 Å². The third-order valence-corrected chi connectivity index (χ3v) is 9.68. The van der Waals surface area contributed by atoms with E-state index in [0.717, 1.165) is 34.9 Å². The molecule has 226 valence electrons. The summed E-state index contributed by atoms with van der Waals surface area (Å²) in [5.74, 6) is 0. The van der Waals surface area contributed by atoms with E-state index in [1.165, 1.54) is 0 Å². The van der Waals surface area contributed by atoms with Crippen molar-refractivity contribution >= 4 is 25.2 Å². The van der Waals surface area contributed by atoms with Crippen molar-refractivity contribution in [3.63, 3.8) is 0 Å². The second-order valence-electron chi connectivity index (χ2n) is 13.7. The van der Waals surface area contributed by atoms with Crippen molar-refractivity contribution in [1.29, 1.82) is 5.26 Å². The molecule has 1 aliphatic carbocycles. The summed E-state index contributed by atoms with van der Waals surface area (Å²) in [6.45, 7) is 16.0. The molecule has 0 N–H and O–H groups in total. The van der Waals surface area contributed by atoms with Crippen LogP contribution in [0.4, 0.5) is 4.79 Å². The number of rotatable bonds is 9. The molecule has 42 heavy (non-hydrogen) atoms. The molecule has 1 saturated heterocycles. The van der Waals surface area contributed by atoms with Gasteiger partial charge in [0.05, 0.1) is 29.9 Å². The van der Waals surface area contributed by atoms with Crippen molar-refractivity contribution in [2.75, 3.05) is 32.8 Å². The van der Waals surface area contributed by atoms with E-state index >= 15 is 0 Å². The van der Waals surface area contributed by atoms with Crippen LogP contribution in [-0.2, 0) is 21.7 Å². The molecular formula is C30H44N8O3Si. The number of ether oxygens (including phenoxy) is 2. The lowest BCUT2D eigenvalue weighted by atomic mass is 9.70. The van der Waals surface area contributed by atoms with Gasteiger partial charge >= 0.3 is 6.09 Å². The van der Waals surface area contributed by atoms with Gasteiger partial charge in [-0.1, -0.05) is 19.6 Å². The molecule has 0 atom stereocenters. The molecule has 2 fully saturated rings. The van der Waals surface area contributed by atoms with Gasteiger partial charge in [-0.2, -0.15) is 10.4 Å². The summed E-state index contributed by atoms with van der Waals surface area (Å²) in [6.07, 6.45) is 8.17. The first kappa shape index (κ1) is 28.8. The second kappa shape index (κ2) is 11.8. The van der Waals surface area contributed by atoms with Gasteiger partial charge in [0.15, 0.2) is 0 Å². The fraction of sp³-hybridized carbons (Fsp3) is 0.633. The summed E-state index contributed by atoms with van der Waals surface area (Å²) in [7, 11) is -1.16. The number of nitrogens with zero attached hydrogens (tertiary/aromatic N) is 8. The molecule has 12 heteroatoms. The zero-order valence-electron chi connectivity index (χ0n) is 26.8. The lowest BCUT2D eigenvalue weighted by Gasteiger charge is -2.52. The highest BCUT2D eigenvalue weighted by molar-refractivity contribution is 6.76. The molecule has 1 amide bonds. The molecule has 0 spiro atoms. The van der Waals surface area contributed by atoms with Gasteiger partial charge in [0, 0.05) is 71.6 Å². The smallest absolute Gasteiger partial charge is 0.410 e. The van der Waals surface area contributed by atoms with E-state index in [9.17, 15) is 11.4 Å². The Hall–Kier alpha value is -3.27. The average Bonchev–Trinajstić information content (AvgIpc) is 3.57. The monoisotopic (exact) mass is 593 g/mol. The first-order valence-corrected chi connectivity index (χ1v) is 18.5. The van der Waals surface area contributed by atoms with Gasteiger partial charge in [0.1, 0.15) is 24.3 Å². The molecule has 3 aromatic heterocycles. The van der Waals surface area contributed by atoms with Crippen molar-refractivity contribution in [1.82, 2.24) is 34.1 Å². The third-order valence-electron chi connectivity index (χ3n) is 7.98. The number of carbonyl (C=O) groups excluding carboxylic acids is 1. The number of hydrogen-bond donors (Lipinski definition) is 0. The zero-order chi connectivity index (χ0) is 31.0. The van der Waals surface area contributed by atoms with E-state index in [-0.39, 0.29) is 12.5 Å². The lowest BCUT2D eigenvalue weighted by molar-refractivity contribution is -0.0268. The molecule has 4 heterocycles. The van der Waals surface area contributed by atoms with Crippen molar-refractivity contribution in [2.45, 2.75) is 89.6 Å². The first-order chi connectivity index (χ1) is 20.2. The van der Waals surface area contributed by atoms with Crippen LogP contribution in [0.3, 0.4) is 0 Å². The number of aromatic nitrogens is 5. The Morgan fingerprint density at radius 3 is 2.62 bits per heavy atom. The van der Waals surface area contributed by atoms with Gasteiger partial charge in [-0.3, -0.25) is 9.58 Å². The standard InChI is InChI=1S/C30H44N8O3Si/c1-29(2,3)41-28(39)36-13-11-35(12-14-36)24-17-30(18-24,8-9-31)38-20-23(19-34-38)26-25-7-10-37(27(25)33-21-32-26)22-40-15-16-42(4,5)6/h7,10,19-21,24H,8,11-18,22H2,1-6H3/t24-,30-/i24D. The van der Waals surface area contributed by atoms with Crippen LogP contribution in [0, 0.1) is 11.3 Å². The highest BCUT2D eigenvalue weighted by atomic mass is 28.3. The fourth-order valence-electron chi connectivity index (χ4n) is 5.56. The quantitative estimate of drug-likeness (QED) is 0.253. The first-order valence-electron chi connectivity index (χ1n) is 15.3. The van der Waals surface area contributed by atoms with Crippen LogP contribution in [0.1, 0.15) is 41.4 Å². The Labute approximate surface area is 250 Å². The SMILES string of the molecule is [2H][C@]1(N2CCN(C(=O)OC(C)(C)C)CC2)C[C@](CC#N)(n2cc(-c3ncnc4c3ccn4COCC[Si](C)(C)C)cn2)C1. The molecular weight excluding hydrogens is 548 g/mol. The Morgan fingerprint density at radius 1 is 1.21 bits per heavy atom. The van der Waals surface area contributed by atoms with Gasteiger partial charge in [0.2, 0.25) is 0 Å². The molecule has 2 aliphatic rings. The van der Waals surface area contributed by atoms with Gasteiger partial charge < -0.3 is 18.9 Å². The van der Waals surface area contributed by atoms with Crippen LogP contribution in [-0.4, -0.2) is 92.7 Å². The normalized spacial score (nSPS) is 23.8. The Kier molecular flexibility index (Phi) is 8.09. The van der Waals surface area contributed by atoms with E-state index in [4.69, 9.17) is 9.47 Å². The minimum Gasteiger partial charge on any atom is -0.444 e. The van der Waals surface area contributed by atoms with Crippen molar-refractivity contribution in [2.24, 2.45) is 0 Å². The molecule has 1 aliphatic heterocycles. The predicted octanol–water partition coefficient (Wildman–Crippen LogP) is 4.93. The van der Waals surface area contributed by atoms with E-state index in [1.807, 2.05) is 48.5 Å². The van der Waals surface area contributed by atoms with Gasteiger partial charge in [-0.15, -0.1) is 0 Å². The Morgan fingerprint density at radius 2 is 1.95 bits per heavy atom. The maximum Gasteiger partial charge on any atom is 0.410 e. The minimum atomic E-state index is -1.16. The highest BCUT2D eigenvalue weighted by Gasteiger charge is 2.49. The van der Waals surface area contributed by atoms with E-state index in [2.05, 4.69) is 45.7 Å². The maximum atomic E-state index is 12.5. The van der Waals surface area contributed by atoms with E-state index in [0.29, 0.717) is 45.8 Å². The van der Waals surface area contributed by atoms with Crippen molar-refractivity contribution in [3.8, 4) is 17.3 Å². The number of carbonyl (C=O) groups is 1. The number of amides is 1. The average molecular weight is 594 g/mol.